The Hall–Kier alpha value is -1.49. The van der Waals surface area contributed by atoms with Crippen LogP contribution in [0.2, 0.25) is 0 Å². The van der Waals surface area contributed by atoms with Crippen LogP contribution in [0.5, 0.6) is 0 Å². The van der Waals surface area contributed by atoms with E-state index in [9.17, 15) is 13.6 Å². The van der Waals surface area contributed by atoms with E-state index in [0.29, 0.717) is 30.2 Å². The Kier molecular flexibility index (Phi) is 7.77. The molecule has 2 unspecified atom stereocenters. The molecule has 1 spiro atoms. The average Bonchev–Trinajstić information content (AvgIpc) is 3.43. The summed E-state index contributed by atoms with van der Waals surface area (Å²) in [6.07, 6.45) is 7.31. The summed E-state index contributed by atoms with van der Waals surface area (Å²) in [6.45, 7) is 8.05. The number of amides is 1. The minimum absolute atomic E-state index is 0.0486. The first-order valence-electron chi connectivity index (χ1n) is 11.9. The van der Waals surface area contributed by atoms with Gasteiger partial charge in [-0.3, -0.25) is 4.79 Å². The molecule has 5 heteroatoms. The maximum atomic E-state index is 12.6. The molecule has 2 nitrogen and oxygen atoms in total. The number of carbonyl (C=O) groups excluding carboxylic acids is 1. The smallest absolute Gasteiger partial charge is 0.261 e. The number of fused-ring (bicyclic) bond motifs is 1. The summed E-state index contributed by atoms with van der Waals surface area (Å²) in [5.74, 6) is -1.58. The van der Waals surface area contributed by atoms with Crippen molar-refractivity contribution in [2.24, 2.45) is 11.3 Å². The van der Waals surface area contributed by atoms with Gasteiger partial charge in [-0.2, -0.15) is 0 Å². The SMILES string of the molecule is CCC1CC2(CC2)C1NC(=O)c1cc2ccc(C)cc2s1.CCCCC(F)(F)CCC. The van der Waals surface area contributed by atoms with Gasteiger partial charge in [-0.25, -0.2) is 8.78 Å². The van der Waals surface area contributed by atoms with Crippen molar-refractivity contribution in [1.82, 2.24) is 5.32 Å². The zero-order valence-electron chi connectivity index (χ0n) is 19.4. The molecule has 0 radical (unpaired) electrons. The monoisotopic (exact) mass is 449 g/mol. The van der Waals surface area contributed by atoms with E-state index in [-0.39, 0.29) is 18.7 Å². The molecule has 172 valence electrons. The van der Waals surface area contributed by atoms with Crippen molar-refractivity contribution in [3.63, 3.8) is 0 Å². The lowest BCUT2D eigenvalue weighted by atomic mass is 9.65. The summed E-state index contributed by atoms with van der Waals surface area (Å²) in [7, 11) is 0. The number of aryl methyl sites for hydroxylation is 1. The molecular weight excluding hydrogens is 412 g/mol. The molecule has 0 saturated heterocycles. The molecular formula is C26H37F2NOS. The fourth-order valence-electron chi connectivity index (χ4n) is 4.82. The summed E-state index contributed by atoms with van der Waals surface area (Å²) in [5.41, 5.74) is 1.72. The predicted octanol–water partition coefficient (Wildman–Crippen LogP) is 8.13. The van der Waals surface area contributed by atoms with E-state index in [1.54, 1.807) is 18.3 Å². The second kappa shape index (κ2) is 9.97. The minimum atomic E-state index is -2.40. The third-order valence-electron chi connectivity index (χ3n) is 6.91. The average molecular weight is 450 g/mol. The van der Waals surface area contributed by atoms with Crippen molar-refractivity contribution in [2.75, 3.05) is 0 Å². The summed E-state index contributed by atoms with van der Waals surface area (Å²) < 4.78 is 26.4. The Morgan fingerprint density at radius 3 is 2.52 bits per heavy atom. The van der Waals surface area contributed by atoms with Gasteiger partial charge in [-0.1, -0.05) is 52.2 Å². The number of hydrogen-bond acceptors (Lipinski definition) is 2. The van der Waals surface area contributed by atoms with E-state index in [1.165, 1.54) is 41.3 Å². The normalized spacial score (nSPS) is 21.4. The highest BCUT2D eigenvalue weighted by Gasteiger charge is 2.60. The third-order valence-corrected chi connectivity index (χ3v) is 8.01. The van der Waals surface area contributed by atoms with Crippen LogP contribution in [0.15, 0.2) is 24.3 Å². The van der Waals surface area contributed by atoms with E-state index in [1.807, 2.05) is 13.0 Å². The maximum Gasteiger partial charge on any atom is 0.261 e. The Morgan fingerprint density at radius 1 is 1.16 bits per heavy atom. The quantitative estimate of drug-likeness (QED) is 0.433. The van der Waals surface area contributed by atoms with E-state index in [2.05, 4.69) is 37.4 Å². The number of alkyl halides is 2. The van der Waals surface area contributed by atoms with Crippen LogP contribution in [0.25, 0.3) is 10.1 Å². The predicted molar refractivity (Wildman–Crippen MR) is 127 cm³/mol. The van der Waals surface area contributed by atoms with Crippen molar-refractivity contribution in [3.8, 4) is 0 Å². The molecule has 4 rings (SSSR count). The molecule has 2 fully saturated rings. The van der Waals surface area contributed by atoms with E-state index in [0.717, 1.165) is 11.3 Å². The summed E-state index contributed by atoms with van der Waals surface area (Å²) in [4.78, 5) is 13.4. The molecule has 1 aromatic heterocycles. The lowest BCUT2D eigenvalue weighted by Gasteiger charge is -2.46. The van der Waals surface area contributed by atoms with Gasteiger partial charge in [0.05, 0.1) is 4.88 Å². The van der Waals surface area contributed by atoms with Gasteiger partial charge in [0.1, 0.15) is 0 Å². The highest BCUT2D eigenvalue weighted by atomic mass is 32.1. The summed E-state index contributed by atoms with van der Waals surface area (Å²) >= 11 is 1.61. The Balaban J connectivity index is 0.000000233. The maximum absolute atomic E-state index is 12.6. The highest BCUT2D eigenvalue weighted by Crippen LogP contribution is 2.64. The largest absolute Gasteiger partial charge is 0.348 e. The van der Waals surface area contributed by atoms with Crippen molar-refractivity contribution in [1.29, 1.82) is 0 Å². The van der Waals surface area contributed by atoms with Crippen LogP contribution in [0, 0.1) is 18.3 Å². The summed E-state index contributed by atoms with van der Waals surface area (Å²) in [5, 5.41) is 4.51. The van der Waals surface area contributed by atoms with Crippen LogP contribution >= 0.6 is 11.3 Å². The van der Waals surface area contributed by atoms with Crippen LogP contribution in [-0.4, -0.2) is 17.9 Å². The van der Waals surface area contributed by atoms with Gasteiger partial charge in [-0.05, 0) is 67.0 Å². The molecule has 31 heavy (non-hydrogen) atoms. The van der Waals surface area contributed by atoms with Gasteiger partial charge in [0.2, 0.25) is 5.92 Å². The second-order valence-electron chi connectivity index (χ2n) is 9.55. The number of thiophene rings is 1. The van der Waals surface area contributed by atoms with Crippen LogP contribution in [-0.2, 0) is 0 Å². The van der Waals surface area contributed by atoms with Gasteiger partial charge in [0.25, 0.3) is 5.91 Å². The third kappa shape index (κ3) is 5.85. The van der Waals surface area contributed by atoms with Crippen molar-refractivity contribution >= 4 is 27.3 Å². The first-order valence-corrected chi connectivity index (χ1v) is 12.7. The molecule has 2 atom stereocenters. The van der Waals surface area contributed by atoms with Gasteiger partial charge >= 0.3 is 0 Å². The van der Waals surface area contributed by atoms with Crippen LogP contribution in [0.3, 0.4) is 0 Å². The fourth-order valence-corrected chi connectivity index (χ4v) is 5.89. The molecule has 2 aliphatic rings. The molecule has 2 aromatic rings. The number of unbranched alkanes of at least 4 members (excludes halogenated alkanes) is 1. The van der Waals surface area contributed by atoms with E-state index in [4.69, 9.17) is 0 Å². The molecule has 1 N–H and O–H groups in total. The molecule has 0 bridgehead atoms. The zero-order chi connectivity index (χ0) is 22.6. The van der Waals surface area contributed by atoms with Crippen molar-refractivity contribution in [3.05, 3.63) is 34.7 Å². The van der Waals surface area contributed by atoms with E-state index >= 15 is 0 Å². The van der Waals surface area contributed by atoms with Crippen molar-refractivity contribution in [2.45, 2.75) is 97.4 Å². The Labute approximate surface area is 189 Å². The lowest BCUT2D eigenvalue weighted by Crippen LogP contribution is -2.54. The first-order chi connectivity index (χ1) is 14.7. The number of benzene rings is 1. The number of halogens is 2. The topological polar surface area (TPSA) is 29.1 Å². The second-order valence-corrected chi connectivity index (χ2v) is 10.6. The molecule has 1 heterocycles. The number of hydrogen-bond donors (Lipinski definition) is 1. The number of nitrogens with one attached hydrogen (secondary N) is 1. The fraction of sp³-hybridized carbons (Fsp3) is 0.654. The summed E-state index contributed by atoms with van der Waals surface area (Å²) in [6, 6.07) is 8.83. The lowest BCUT2D eigenvalue weighted by molar-refractivity contribution is -0.0186. The molecule has 1 aromatic carbocycles. The minimum Gasteiger partial charge on any atom is -0.348 e. The standard InChI is InChI=1S/C18H21NOS.C8H16F2/c1-3-12-10-18(6-7-18)16(12)19-17(20)15-9-13-5-4-11(2)8-14(13)21-15;1-3-5-7-8(9,10)6-4-2/h4-5,8-9,12,16H,3,6-7,10H2,1-2H3,(H,19,20);3-7H2,1-2H3. The van der Waals surface area contributed by atoms with Crippen LogP contribution in [0.1, 0.15) is 93.8 Å². The Bertz CT molecular complexity index is 887. The van der Waals surface area contributed by atoms with Gasteiger partial charge in [0, 0.05) is 23.6 Å². The van der Waals surface area contributed by atoms with Gasteiger partial charge in [-0.15, -0.1) is 11.3 Å². The zero-order valence-corrected chi connectivity index (χ0v) is 20.2. The van der Waals surface area contributed by atoms with Crippen molar-refractivity contribution < 1.29 is 13.6 Å². The highest BCUT2D eigenvalue weighted by molar-refractivity contribution is 7.20. The van der Waals surface area contributed by atoms with Gasteiger partial charge in [0.15, 0.2) is 0 Å². The van der Waals surface area contributed by atoms with Gasteiger partial charge < -0.3 is 5.32 Å². The molecule has 0 aliphatic heterocycles. The van der Waals surface area contributed by atoms with Crippen LogP contribution < -0.4 is 5.32 Å². The molecule has 2 aliphatic carbocycles. The molecule has 2 saturated carbocycles. The number of carbonyl (C=O) groups is 1. The van der Waals surface area contributed by atoms with E-state index < -0.39 is 5.92 Å². The first kappa shape index (κ1) is 24.2. The Morgan fingerprint density at radius 2 is 1.90 bits per heavy atom. The molecule has 1 amide bonds. The van der Waals surface area contributed by atoms with Crippen LogP contribution in [0.4, 0.5) is 8.78 Å². The number of rotatable bonds is 8.